The molecule has 1 aliphatic rings. The molecule has 5 aromatic rings. The molecule has 6 rings (SSSR count). The number of hydrogen-bond acceptors (Lipinski definition) is 6. The second kappa shape index (κ2) is 11.4. The maximum Gasteiger partial charge on any atom is 0.228 e. The number of nitrogens with zero attached hydrogens (tertiary/aromatic N) is 5. The molecule has 0 saturated carbocycles. The van der Waals surface area contributed by atoms with Gasteiger partial charge < -0.3 is 10.2 Å². The lowest BCUT2D eigenvalue weighted by Crippen LogP contribution is -2.46. The van der Waals surface area contributed by atoms with Gasteiger partial charge in [0.15, 0.2) is 0 Å². The van der Waals surface area contributed by atoms with Gasteiger partial charge in [-0.25, -0.2) is 4.98 Å². The molecule has 1 fully saturated rings. The standard InChI is InChI=1S/C32H30N6O/c39-32(19-24-5-2-1-3-6-24)35-28-11-8-26(9-12-28)27-10-13-29-30(20-27)36-31(22-34-29)38-17-15-37(16-18-38)23-25-7-4-14-33-21-25/h1-14,20-22H,15-19,23H2,(H,35,39). The maximum atomic E-state index is 12.4. The average Bonchev–Trinajstić information content (AvgIpc) is 2.98. The zero-order valence-corrected chi connectivity index (χ0v) is 21.7. The largest absolute Gasteiger partial charge is 0.353 e. The van der Waals surface area contributed by atoms with Crippen LogP contribution in [0.3, 0.4) is 0 Å². The molecule has 0 bridgehead atoms. The van der Waals surface area contributed by atoms with E-state index in [2.05, 4.69) is 43.3 Å². The highest BCUT2D eigenvalue weighted by Gasteiger charge is 2.19. The Labute approximate surface area is 228 Å². The number of piperazine rings is 1. The molecule has 3 aromatic carbocycles. The number of fused-ring (bicyclic) bond motifs is 1. The van der Waals surface area contributed by atoms with Gasteiger partial charge >= 0.3 is 0 Å². The first-order chi connectivity index (χ1) is 19.2. The van der Waals surface area contributed by atoms with Crippen molar-refractivity contribution in [2.24, 2.45) is 0 Å². The molecule has 1 amide bonds. The van der Waals surface area contributed by atoms with E-state index in [-0.39, 0.29) is 5.91 Å². The van der Waals surface area contributed by atoms with Gasteiger partial charge in [-0.2, -0.15) is 0 Å². The fourth-order valence-electron chi connectivity index (χ4n) is 4.95. The number of pyridine rings is 1. The minimum atomic E-state index is -0.0274. The molecule has 0 spiro atoms. The zero-order valence-electron chi connectivity index (χ0n) is 21.7. The molecule has 7 nitrogen and oxygen atoms in total. The molecule has 1 saturated heterocycles. The Morgan fingerprint density at radius 1 is 0.769 bits per heavy atom. The van der Waals surface area contributed by atoms with Crippen LogP contribution >= 0.6 is 0 Å². The summed E-state index contributed by atoms with van der Waals surface area (Å²) < 4.78 is 0. The molecule has 1 N–H and O–H groups in total. The molecular weight excluding hydrogens is 484 g/mol. The molecule has 39 heavy (non-hydrogen) atoms. The van der Waals surface area contributed by atoms with Gasteiger partial charge in [-0.3, -0.25) is 19.7 Å². The SMILES string of the molecule is O=C(Cc1ccccc1)Nc1ccc(-c2ccc3ncc(N4CCN(Cc5cccnc5)CC4)nc3c2)cc1. The van der Waals surface area contributed by atoms with Gasteiger partial charge in [0, 0.05) is 50.8 Å². The highest BCUT2D eigenvalue weighted by molar-refractivity contribution is 5.92. The van der Waals surface area contributed by atoms with Gasteiger partial charge in [-0.05, 0) is 52.6 Å². The maximum absolute atomic E-state index is 12.4. The number of carbonyl (C=O) groups is 1. The summed E-state index contributed by atoms with van der Waals surface area (Å²) in [6.07, 6.45) is 5.99. The Bertz CT molecular complexity index is 1550. The van der Waals surface area contributed by atoms with E-state index in [1.54, 1.807) is 0 Å². The topological polar surface area (TPSA) is 74.2 Å². The summed E-state index contributed by atoms with van der Waals surface area (Å²) in [5, 5.41) is 2.99. The molecule has 1 aliphatic heterocycles. The average molecular weight is 515 g/mol. The minimum absolute atomic E-state index is 0.0274. The van der Waals surface area contributed by atoms with Crippen molar-refractivity contribution >= 4 is 28.4 Å². The summed E-state index contributed by atoms with van der Waals surface area (Å²) in [6.45, 7) is 4.70. The first-order valence-electron chi connectivity index (χ1n) is 13.3. The van der Waals surface area contributed by atoms with E-state index in [0.29, 0.717) is 6.42 Å². The molecule has 0 unspecified atom stereocenters. The molecule has 194 valence electrons. The van der Waals surface area contributed by atoms with E-state index < -0.39 is 0 Å². The van der Waals surface area contributed by atoms with Crippen molar-refractivity contribution in [2.75, 3.05) is 36.4 Å². The number of amides is 1. The van der Waals surface area contributed by atoms with Gasteiger partial charge in [-0.1, -0.05) is 54.6 Å². The predicted octanol–water partition coefficient (Wildman–Crippen LogP) is 5.20. The second-order valence-electron chi connectivity index (χ2n) is 9.84. The third kappa shape index (κ3) is 6.10. The van der Waals surface area contributed by atoms with E-state index in [1.165, 1.54) is 5.56 Å². The predicted molar refractivity (Wildman–Crippen MR) is 155 cm³/mol. The van der Waals surface area contributed by atoms with Crippen molar-refractivity contribution in [3.63, 3.8) is 0 Å². The molecular formula is C32H30N6O. The van der Waals surface area contributed by atoms with Crippen LogP contribution in [0.2, 0.25) is 0 Å². The van der Waals surface area contributed by atoms with Crippen molar-refractivity contribution in [1.82, 2.24) is 19.9 Å². The Morgan fingerprint density at radius 3 is 2.31 bits per heavy atom. The van der Waals surface area contributed by atoms with E-state index in [1.807, 2.05) is 85.3 Å². The molecule has 0 aliphatic carbocycles. The Kier molecular flexibility index (Phi) is 7.23. The van der Waals surface area contributed by atoms with Crippen LogP contribution in [-0.4, -0.2) is 51.9 Å². The molecule has 0 radical (unpaired) electrons. The molecule has 3 heterocycles. The van der Waals surface area contributed by atoms with Gasteiger partial charge in [0.05, 0.1) is 23.7 Å². The van der Waals surface area contributed by atoms with Crippen molar-refractivity contribution in [3.8, 4) is 11.1 Å². The van der Waals surface area contributed by atoms with Crippen LogP contribution in [0.15, 0.2) is 104 Å². The normalized spacial score (nSPS) is 13.9. The number of hydrogen-bond donors (Lipinski definition) is 1. The summed E-state index contributed by atoms with van der Waals surface area (Å²) in [5.74, 6) is 0.887. The van der Waals surface area contributed by atoms with Crippen LogP contribution < -0.4 is 10.2 Å². The number of rotatable bonds is 7. The Balaban J connectivity index is 1.11. The van der Waals surface area contributed by atoms with Crippen LogP contribution in [0.5, 0.6) is 0 Å². The molecule has 7 heteroatoms. The lowest BCUT2D eigenvalue weighted by Gasteiger charge is -2.35. The summed E-state index contributed by atoms with van der Waals surface area (Å²) in [5.41, 5.74) is 6.91. The summed E-state index contributed by atoms with van der Waals surface area (Å²) in [4.78, 5) is 31.1. The first-order valence-corrected chi connectivity index (χ1v) is 13.3. The van der Waals surface area contributed by atoms with Crippen LogP contribution in [0.4, 0.5) is 11.5 Å². The summed E-state index contributed by atoms with van der Waals surface area (Å²) in [7, 11) is 0. The Hall–Kier alpha value is -4.62. The van der Waals surface area contributed by atoms with E-state index in [9.17, 15) is 4.79 Å². The van der Waals surface area contributed by atoms with Gasteiger partial charge in [0.2, 0.25) is 5.91 Å². The number of anilines is 2. The quantitative estimate of drug-likeness (QED) is 0.322. The molecule has 0 atom stereocenters. The fraction of sp³-hybridized carbons (Fsp3) is 0.188. The fourth-order valence-corrected chi connectivity index (χ4v) is 4.95. The van der Waals surface area contributed by atoms with Crippen molar-refractivity contribution in [2.45, 2.75) is 13.0 Å². The highest BCUT2D eigenvalue weighted by Crippen LogP contribution is 2.26. The van der Waals surface area contributed by atoms with Crippen LogP contribution in [0, 0.1) is 0 Å². The van der Waals surface area contributed by atoms with Crippen molar-refractivity contribution in [1.29, 1.82) is 0 Å². The van der Waals surface area contributed by atoms with E-state index in [4.69, 9.17) is 4.98 Å². The number of aromatic nitrogens is 3. The monoisotopic (exact) mass is 514 g/mol. The molecule has 2 aromatic heterocycles. The second-order valence-corrected chi connectivity index (χ2v) is 9.84. The number of carbonyl (C=O) groups excluding carboxylic acids is 1. The van der Waals surface area contributed by atoms with Gasteiger partial charge in [0.25, 0.3) is 0 Å². The van der Waals surface area contributed by atoms with Gasteiger partial charge in [0.1, 0.15) is 5.82 Å². The first kappa shape index (κ1) is 24.7. The van der Waals surface area contributed by atoms with Crippen LogP contribution in [-0.2, 0) is 17.8 Å². The summed E-state index contributed by atoms with van der Waals surface area (Å²) >= 11 is 0. The lowest BCUT2D eigenvalue weighted by molar-refractivity contribution is -0.115. The van der Waals surface area contributed by atoms with Crippen LogP contribution in [0.25, 0.3) is 22.2 Å². The van der Waals surface area contributed by atoms with Crippen molar-refractivity contribution in [3.05, 3.63) is 115 Å². The smallest absolute Gasteiger partial charge is 0.228 e. The lowest BCUT2D eigenvalue weighted by atomic mass is 10.0. The van der Waals surface area contributed by atoms with Crippen molar-refractivity contribution < 1.29 is 4.79 Å². The zero-order chi connectivity index (χ0) is 26.4. The number of nitrogens with one attached hydrogen (secondary N) is 1. The van der Waals surface area contributed by atoms with Crippen LogP contribution in [0.1, 0.15) is 11.1 Å². The summed E-state index contributed by atoms with van der Waals surface area (Å²) in [6, 6.07) is 28.0. The number of benzene rings is 3. The third-order valence-electron chi connectivity index (χ3n) is 7.06. The third-order valence-corrected chi connectivity index (χ3v) is 7.06. The minimum Gasteiger partial charge on any atom is -0.353 e. The van der Waals surface area contributed by atoms with E-state index in [0.717, 1.165) is 72.0 Å². The van der Waals surface area contributed by atoms with E-state index >= 15 is 0 Å². The highest BCUT2D eigenvalue weighted by atomic mass is 16.1. The Morgan fingerprint density at radius 2 is 1.54 bits per heavy atom. The van der Waals surface area contributed by atoms with Gasteiger partial charge in [-0.15, -0.1) is 0 Å².